The molecule has 3 atom stereocenters. The summed E-state index contributed by atoms with van der Waals surface area (Å²) in [5, 5.41) is 54.4. The van der Waals surface area contributed by atoms with Gasteiger partial charge in [-0.05, 0) is 146 Å². The summed E-state index contributed by atoms with van der Waals surface area (Å²) in [6.07, 6.45) is 25.3. The van der Waals surface area contributed by atoms with Gasteiger partial charge in [-0.3, -0.25) is 9.80 Å². The number of aromatic nitrogens is 17. The van der Waals surface area contributed by atoms with Gasteiger partial charge >= 0.3 is 0 Å². The number of aliphatic hydroxyl groups is 3. The molecule has 3 aliphatic rings. The first-order valence-electron chi connectivity index (χ1n) is 37.0. The zero-order chi connectivity index (χ0) is 76.7. The molecule has 0 spiro atoms. The van der Waals surface area contributed by atoms with Gasteiger partial charge in [0.15, 0.2) is 23.5 Å². The smallest absolute Gasteiger partial charge is 0.253 e. The Labute approximate surface area is 649 Å². The Morgan fingerprint density at radius 3 is 1.37 bits per heavy atom. The van der Waals surface area contributed by atoms with Gasteiger partial charge in [0.1, 0.15) is 52.6 Å². The Morgan fingerprint density at radius 1 is 0.402 bits per heavy atom. The third-order valence-electron chi connectivity index (χ3n) is 21.9. The number of thiophene rings is 2. The second-order valence-corrected chi connectivity index (χ2v) is 31.7. The first-order chi connectivity index (χ1) is 54.2. The molecule has 18 rings (SSSR count). The number of halogens is 3. The van der Waals surface area contributed by atoms with E-state index in [9.17, 15) is 28.5 Å². The minimum absolute atomic E-state index is 0.331. The number of piperazine rings is 3. The molecule has 566 valence electrons. The SMILES string of the molecule is Cc1ccc(-c2cc3c(N4CCN(c5ncc(C(C)(O)c6ccc(F)cc6)cn5)CC4)[n+](Cc4ccc(-c5cc6c(N7CCN(c8ncc(C(C)(O)c9ccc(F)cc9)cn8)CC7)[n+](Cn7cc(-c8cc9c(N%10CCN(c%11ncc(C(C)(O)c%12ccc(F)cc%12C)cn%11)CC%10)ncnn9c8)cn7)cnn6c5)s4)cnn3c2)s1. The molecule has 26 nitrogen and oxygen atoms in total. The van der Waals surface area contributed by atoms with Gasteiger partial charge in [-0.1, -0.05) is 30.3 Å². The highest BCUT2D eigenvalue weighted by atomic mass is 32.1. The van der Waals surface area contributed by atoms with E-state index in [4.69, 9.17) is 40.2 Å². The number of rotatable bonds is 19. The number of hydrogen-bond donors (Lipinski definition) is 3. The molecule has 31 heteroatoms. The summed E-state index contributed by atoms with van der Waals surface area (Å²) in [4.78, 5) is 51.2. The Balaban J connectivity index is 0.606. The van der Waals surface area contributed by atoms with Crippen LogP contribution in [-0.2, 0) is 30.0 Å². The summed E-state index contributed by atoms with van der Waals surface area (Å²) in [5.74, 6) is 3.33. The zero-order valence-electron chi connectivity index (χ0n) is 62.0. The average molecular weight is 1540 g/mol. The van der Waals surface area contributed by atoms with Crippen LogP contribution in [0.4, 0.5) is 48.5 Å². The van der Waals surface area contributed by atoms with Gasteiger partial charge in [-0.2, -0.15) is 19.2 Å². The minimum Gasteiger partial charge on any atom is -0.381 e. The molecular formula is C81H78F3N23O3S2+2. The van der Waals surface area contributed by atoms with E-state index in [0.717, 1.165) is 66.0 Å². The largest absolute Gasteiger partial charge is 0.381 e. The highest BCUT2D eigenvalue weighted by Crippen LogP contribution is 2.38. The lowest BCUT2D eigenvalue weighted by Gasteiger charge is -2.35. The second kappa shape index (κ2) is 28.6. The summed E-state index contributed by atoms with van der Waals surface area (Å²) in [6.45, 7) is 17.4. The van der Waals surface area contributed by atoms with Gasteiger partial charge in [0.25, 0.3) is 24.3 Å². The Hall–Kier alpha value is -12.2. The van der Waals surface area contributed by atoms with Crippen molar-refractivity contribution in [2.75, 3.05) is 108 Å². The maximum Gasteiger partial charge on any atom is 0.253 e. The number of benzene rings is 3. The third kappa shape index (κ3) is 13.6. The fraction of sp³-hybridized carbons (Fsp3) is 0.272. The molecule has 15 aromatic rings. The van der Waals surface area contributed by atoms with E-state index >= 15 is 0 Å². The first kappa shape index (κ1) is 71.4. The van der Waals surface area contributed by atoms with Crippen LogP contribution in [0.3, 0.4) is 0 Å². The van der Waals surface area contributed by atoms with Crippen molar-refractivity contribution in [2.24, 2.45) is 0 Å². The molecule has 3 fully saturated rings. The molecular weight excluding hydrogens is 1460 g/mol. The van der Waals surface area contributed by atoms with Crippen LogP contribution in [0.15, 0.2) is 196 Å². The normalized spacial score (nSPS) is 16.1. The molecule has 12 aromatic heterocycles. The number of anilines is 6. The van der Waals surface area contributed by atoms with Crippen molar-refractivity contribution >= 4 is 74.5 Å². The van der Waals surface area contributed by atoms with Crippen LogP contribution < -0.4 is 38.5 Å². The average Bonchev–Trinajstić information content (AvgIpc) is 1.66. The van der Waals surface area contributed by atoms with E-state index in [1.807, 2.05) is 49.5 Å². The number of nitrogens with zero attached hydrogens (tertiary/aromatic N) is 23. The van der Waals surface area contributed by atoms with Crippen molar-refractivity contribution in [2.45, 2.75) is 64.6 Å². The maximum absolute atomic E-state index is 14.0. The van der Waals surface area contributed by atoms with Crippen molar-refractivity contribution in [3.8, 4) is 32.0 Å². The van der Waals surface area contributed by atoms with E-state index in [1.165, 1.54) is 46.2 Å². The monoisotopic (exact) mass is 1540 g/mol. The molecule has 0 aliphatic carbocycles. The summed E-state index contributed by atoms with van der Waals surface area (Å²) in [7, 11) is 0. The van der Waals surface area contributed by atoms with Crippen LogP contribution in [0.1, 0.15) is 69.5 Å². The Bertz CT molecular complexity index is 5960. The topological polar surface area (TPSA) is 248 Å². The van der Waals surface area contributed by atoms with Crippen molar-refractivity contribution < 1.29 is 37.6 Å². The molecule has 3 aromatic carbocycles. The van der Waals surface area contributed by atoms with Crippen LogP contribution in [0.2, 0.25) is 0 Å². The van der Waals surface area contributed by atoms with Gasteiger partial charge in [0, 0.05) is 134 Å². The lowest BCUT2D eigenvalue weighted by atomic mass is 9.87. The summed E-state index contributed by atoms with van der Waals surface area (Å²) >= 11 is 3.49. The number of hydrogen-bond acceptors (Lipinski definition) is 22. The molecule has 3 aliphatic heterocycles. The molecule has 15 heterocycles. The van der Waals surface area contributed by atoms with E-state index < -0.39 is 16.8 Å². The molecule has 112 heavy (non-hydrogen) atoms. The predicted molar refractivity (Wildman–Crippen MR) is 420 cm³/mol. The van der Waals surface area contributed by atoms with E-state index in [2.05, 4.69) is 115 Å². The fourth-order valence-electron chi connectivity index (χ4n) is 15.5. The highest BCUT2D eigenvalue weighted by Gasteiger charge is 2.36. The van der Waals surface area contributed by atoms with E-state index in [-0.39, 0.29) is 17.5 Å². The van der Waals surface area contributed by atoms with Crippen LogP contribution in [0, 0.1) is 31.3 Å². The van der Waals surface area contributed by atoms with Gasteiger partial charge < -0.3 is 34.9 Å². The molecule has 3 unspecified atom stereocenters. The van der Waals surface area contributed by atoms with E-state index in [1.54, 1.807) is 124 Å². The minimum atomic E-state index is -1.44. The van der Waals surface area contributed by atoms with Gasteiger partial charge in [-0.15, -0.1) is 22.7 Å². The molecule has 0 saturated carbocycles. The number of aryl methyl sites for hydroxylation is 2. The second-order valence-electron chi connectivity index (χ2n) is 29.3. The van der Waals surface area contributed by atoms with Gasteiger partial charge in [0.2, 0.25) is 17.8 Å². The Kier molecular flexibility index (Phi) is 18.3. The lowest BCUT2D eigenvalue weighted by Crippen LogP contribution is -2.53. The zero-order valence-corrected chi connectivity index (χ0v) is 63.6. The van der Waals surface area contributed by atoms with E-state index in [0.29, 0.717) is 149 Å². The summed E-state index contributed by atoms with van der Waals surface area (Å²) in [5.41, 5.74) is 6.20. The van der Waals surface area contributed by atoms with Crippen LogP contribution in [-0.4, -0.2) is 167 Å². The standard InChI is InChI=1S/C81H78F3N23O3S2/c1-52-32-65(84)15-17-67(52)81(5,110)62-41-89-78(90-42-62)99-26-20-96(21-27-99)73-68-33-54(44-105(68)93-48-91-73)57-36-92-104(43-57)51-103-50-95-107-46-56(35-70(107)75(103)98-24-30-101(31-25-98)77-87-39-61(40-88-77)80(4,109)59-9-13-64(83)14-10-59)72-19-16-66(112-72)47-102-49-94-106-45-55(71-18-6-53(2)111-71)34-69(106)74(102)97-22-28-100(29-23-97)76-85-37-60(38-86-76)79(3,108)58-7-11-63(82)12-8-58/h6-19,32-46,48-50,108-110H,20-31,47,51H2,1-5H3/q+2. The number of fused-ring (bicyclic) bond motifs is 3. The fourth-order valence-corrected chi connectivity index (χ4v) is 17.3. The quantitative estimate of drug-likeness (QED) is 0.0637. The summed E-state index contributed by atoms with van der Waals surface area (Å²) in [6, 6.07) is 31.2. The van der Waals surface area contributed by atoms with Crippen molar-refractivity contribution in [1.82, 2.24) is 73.5 Å². The molecule has 0 amide bonds. The van der Waals surface area contributed by atoms with Gasteiger partial charge in [0.05, 0.1) is 70.9 Å². The third-order valence-corrected chi connectivity index (χ3v) is 24.1. The molecule has 3 saturated heterocycles. The van der Waals surface area contributed by atoms with Crippen molar-refractivity contribution in [3.63, 3.8) is 0 Å². The van der Waals surface area contributed by atoms with Crippen LogP contribution >= 0.6 is 22.7 Å². The van der Waals surface area contributed by atoms with Crippen molar-refractivity contribution in [3.05, 3.63) is 262 Å². The lowest BCUT2D eigenvalue weighted by molar-refractivity contribution is -0.693. The first-order valence-corrected chi connectivity index (χ1v) is 38.6. The van der Waals surface area contributed by atoms with Gasteiger partial charge in [-0.25, -0.2) is 66.4 Å². The molecule has 3 N–H and O–H groups in total. The van der Waals surface area contributed by atoms with Crippen LogP contribution in [0.25, 0.3) is 48.6 Å². The van der Waals surface area contributed by atoms with Crippen LogP contribution in [0.5, 0.6) is 0 Å². The maximum atomic E-state index is 14.0. The summed E-state index contributed by atoms with van der Waals surface area (Å²) < 4.78 is 53.8. The highest BCUT2D eigenvalue weighted by molar-refractivity contribution is 7.15. The predicted octanol–water partition coefficient (Wildman–Crippen LogP) is 9.63. The molecule has 0 bridgehead atoms. The van der Waals surface area contributed by atoms with Crippen molar-refractivity contribution in [1.29, 1.82) is 0 Å². The molecule has 0 radical (unpaired) electrons. The Morgan fingerprint density at radius 2 is 0.848 bits per heavy atom.